The largest absolute Gasteiger partial charge is 0.340 e. The topological polar surface area (TPSA) is 25.2 Å². The zero-order valence-electron chi connectivity index (χ0n) is 12.5. The molecule has 21 heavy (non-hydrogen) atoms. The number of carbonyl (C=O) groups is 1. The van der Waals surface area contributed by atoms with Crippen LogP contribution in [0.3, 0.4) is 0 Å². The monoisotopic (exact) mass is 366 g/mol. The molecule has 5 heteroatoms. The van der Waals surface area contributed by atoms with E-state index in [0.717, 1.165) is 23.1 Å². The van der Waals surface area contributed by atoms with Gasteiger partial charge in [-0.3, -0.25) is 4.79 Å². The van der Waals surface area contributed by atoms with Gasteiger partial charge in [-0.2, -0.15) is 0 Å². The third-order valence-electron chi connectivity index (χ3n) is 4.13. The number of hydrogen-bond acceptors (Lipinski definition) is 2. The molecule has 0 saturated carbocycles. The van der Waals surface area contributed by atoms with Gasteiger partial charge in [0.25, 0.3) is 5.91 Å². The zero-order valence-corrected chi connectivity index (χ0v) is 14.9. The van der Waals surface area contributed by atoms with Crippen LogP contribution in [0.25, 0.3) is 0 Å². The normalized spacial score (nSPS) is 18.1. The molecule has 0 fully saturated rings. The van der Waals surface area contributed by atoms with E-state index < -0.39 is 0 Å². The Kier molecular flexibility index (Phi) is 3.97. The van der Waals surface area contributed by atoms with Crippen LogP contribution < -0.4 is 0 Å². The molecule has 2 aromatic rings. The van der Waals surface area contributed by atoms with E-state index in [-0.39, 0.29) is 18.0 Å². The third-order valence-corrected chi connectivity index (χ3v) is 5.56. The highest BCUT2D eigenvalue weighted by molar-refractivity contribution is 9.10. The molecule has 3 nitrogen and oxygen atoms in total. The molecule has 1 atom stereocenters. The van der Waals surface area contributed by atoms with Crippen molar-refractivity contribution in [2.75, 3.05) is 6.54 Å². The number of rotatable bonds is 2. The Morgan fingerprint density at radius 2 is 2.24 bits per heavy atom. The number of amides is 1. The standard InChI is InChI=1S/C16H19BrN2OS/c1-10(2)19-9-12(17)8-14(19)16(20)18-6-4-15-13(11(18)3)5-7-21-15/h5,7-11H,4,6H2,1-3H3. The van der Waals surface area contributed by atoms with Gasteiger partial charge in [0.2, 0.25) is 0 Å². The molecule has 1 aliphatic heterocycles. The first-order valence-electron chi connectivity index (χ1n) is 7.23. The summed E-state index contributed by atoms with van der Waals surface area (Å²) in [5.74, 6) is 0.124. The van der Waals surface area contributed by atoms with Crippen molar-refractivity contribution < 1.29 is 4.79 Å². The fourth-order valence-electron chi connectivity index (χ4n) is 2.98. The number of aromatic nitrogens is 1. The summed E-state index contributed by atoms with van der Waals surface area (Å²) >= 11 is 5.29. The highest BCUT2D eigenvalue weighted by Crippen LogP contribution is 2.34. The van der Waals surface area contributed by atoms with Crippen LogP contribution in [0.1, 0.15) is 53.8 Å². The smallest absolute Gasteiger partial charge is 0.271 e. The van der Waals surface area contributed by atoms with Crippen molar-refractivity contribution in [3.8, 4) is 0 Å². The molecule has 0 bridgehead atoms. The molecule has 1 unspecified atom stereocenters. The Morgan fingerprint density at radius 3 is 2.95 bits per heavy atom. The zero-order chi connectivity index (χ0) is 15.1. The van der Waals surface area contributed by atoms with Crippen molar-refractivity contribution in [2.45, 2.75) is 39.3 Å². The molecule has 0 saturated heterocycles. The molecule has 1 amide bonds. The van der Waals surface area contributed by atoms with Gasteiger partial charge in [0.1, 0.15) is 5.69 Å². The maximum Gasteiger partial charge on any atom is 0.271 e. The minimum Gasteiger partial charge on any atom is -0.340 e. The van der Waals surface area contributed by atoms with E-state index in [9.17, 15) is 4.79 Å². The average Bonchev–Trinajstić information content (AvgIpc) is 3.05. The summed E-state index contributed by atoms with van der Waals surface area (Å²) in [5.41, 5.74) is 2.07. The van der Waals surface area contributed by atoms with E-state index in [2.05, 4.69) is 48.1 Å². The van der Waals surface area contributed by atoms with E-state index in [1.807, 2.05) is 21.7 Å². The van der Waals surface area contributed by atoms with Gasteiger partial charge in [-0.25, -0.2) is 0 Å². The van der Waals surface area contributed by atoms with Crippen LogP contribution in [0.4, 0.5) is 0 Å². The molecule has 2 aromatic heterocycles. The molecule has 3 rings (SSSR count). The molecular weight excluding hydrogens is 348 g/mol. The second-order valence-corrected chi connectivity index (χ2v) is 7.68. The lowest BCUT2D eigenvalue weighted by Crippen LogP contribution is -2.39. The Bertz CT molecular complexity index is 674. The number of thiophene rings is 1. The van der Waals surface area contributed by atoms with E-state index in [0.29, 0.717) is 0 Å². The molecule has 0 spiro atoms. The van der Waals surface area contributed by atoms with Gasteiger partial charge < -0.3 is 9.47 Å². The lowest BCUT2D eigenvalue weighted by molar-refractivity contribution is 0.0666. The van der Waals surface area contributed by atoms with Gasteiger partial charge in [-0.15, -0.1) is 11.3 Å². The van der Waals surface area contributed by atoms with Crippen LogP contribution in [0, 0.1) is 0 Å². The van der Waals surface area contributed by atoms with Crippen LogP contribution in [0.2, 0.25) is 0 Å². The maximum atomic E-state index is 13.0. The molecule has 112 valence electrons. The molecular formula is C16H19BrN2OS. The van der Waals surface area contributed by atoms with Gasteiger partial charge in [0.05, 0.1) is 6.04 Å². The summed E-state index contributed by atoms with van der Waals surface area (Å²) in [5, 5.41) is 2.13. The molecule has 0 aromatic carbocycles. The minimum atomic E-state index is 0.124. The van der Waals surface area contributed by atoms with Gasteiger partial charge in [-0.05, 0) is 66.2 Å². The maximum absolute atomic E-state index is 13.0. The van der Waals surface area contributed by atoms with E-state index in [1.54, 1.807) is 11.3 Å². The Hall–Kier alpha value is -1.07. The fraction of sp³-hybridized carbons (Fsp3) is 0.438. The predicted octanol–water partition coefficient (Wildman–Crippen LogP) is 4.65. The second kappa shape index (κ2) is 5.61. The molecule has 0 N–H and O–H groups in total. The van der Waals surface area contributed by atoms with Crippen LogP contribution in [-0.4, -0.2) is 21.9 Å². The molecule has 0 aliphatic carbocycles. The summed E-state index contributed by atoms with van der Waals surface area (Å²) in [7, 11) is 0. The number of fused-ring (bicyclic) bond motifs is 1. The number of carbonyl (C=O) groups excluding carboxylic acids is 1. The van der Waals surface area contributed by atoms with Crippen molar-refractivity contribution in [1.82, 2.24) is 9.47 Å². The van der Waals surface area contributed by atoms with Crippen LogP contribution in [0.15, 0.2) is 28.2 Å². The van der Waals surface area contributed by atoms with Gasteiger partial charge in [-0.1, -0.05) is 0 Å². The van der Waals surface area contributed by atoms with Gasteiger partial charge in [0.15, 0.2) is 0 Å². The van der Waals surface area contributed by atoms with E-state index in [1.165, 1.54) is 10.4 Å². The fourth-order valence-corrected chi connectivity index (χ4v) is 4.38. The molecule has 0 radical (unpaired) electrons. The molecule has 1 aliphatic rings. The number of nitrogens with zero attached hydrogens (tertiary/aromatic N) is 2. The van der Waals surface area contributed by atoms with E-state index >= 15 is 0 Å². The van der Waals surface area contributed by atoms with Crippen molar-refractivity contribution in [1.29, 1.82) is 0 Å². The Balaban J connectivity index is 1.93. The second-order valence-electron chi connectivity index (χ2n) is 5.77. The lowest BCUT2D eigenvalue weighted by Gasteiger charge is -2.34. The first-order valence-corrected chi connectivity index (χ1v) is 8.91. The van der Waals surface area contributed by atoms with Crippen molar-refractivity contribution >= 4 is 33.2 Å². The van der Waals surface area contributed by atoms with E-state index in [4.69, 9.17) is 0 Å². The summed E-state index contributed by atoms with van der Waals surface area (Å²) < 4.78 is 3.00. The van der Waals surface area contributed by atoms with Crippen LogP contribution >= 0.6 is 27.3 Å². The van der Waals surface area contributed by atoms with Crippen LogP contribution in [-0.2, 0) is 6.42 Å². The highest BCUT2D eigenvalue weighted by Gasteiger charge is 2.30. The SMILES string of the molecule is CC1c2ccsc2CCN1C(=O)c1cc(Br)cn1C(C)C. The van der Waals surface area contributed by atoms with Crippen molar-refractivity contribution in [3.63, 3.8) is 0 Å². The number of hydrogen-bond donors (Lipinski definition) is 0. The Morgan fingerprint density at radius 1 is 1.48 bits per heavy atom. The van der Waals surface area contributed by atoms with Crippen molar-refractivity contribution in [3.05, 3.63) is 44.3 Å². The van der Waals surface area contributed by atoms with Crippen molar-refractivity contribution in [2.24, 2.45) is 0 Å². The summed E-state index contributed by atoms with van der Waals surface area (Å²) in [6.07, 6.45) is 2.95. The predicted molar refractivity (Wildman–Crippen MR) is 90.0 cm³/mol. The summed E-state index contributed by atoms with van der Waals surface area (Å²) in [4.78, 5) is 16.4. The summed E-state index contributed by atoms with van der Waals surface area (Å²) in [6.45, 7) is 7.12. The average molecular weight is 367 g/mol. The minimum absolute atomic E-state index is 0.124. The highest BCUT2D eigenvalue weighted by atomic mass is 79.9. The lowest BCUT2D eigenvalue weighted by atomic mass is 10.0. The van der Waals surface area contributed by atoms with Crippen LogP contribution in [0.5, 0.6) is 0 Å². The molecule has 3 heterocycles. The summed E-state index contributed by atoms with van der Waals surface area (Å²) in [6, 6.07) is 4.51. The third kappa shape index (κ3) is 2.57. The Labute approximate surface area is 137 Å². The van der Waals surface area contributed by atoms with Gasteiger partial charge in [0, 0.05) is 28.1 Å². The van der Waals surface area contributed by atoms with Gasteiger partial charge >= 0.3 is 0 Å². The quantitative estimate of drug-likeness (QED) is 0.758. The first-order chi connectivity index (χ1) is 9.99. The first kappa shape index (κ1) is 14.9. The number of halogens is 1.